The van der Waals surface area contributed by atoms with Crippen molar-refractivity contribution in [2.75, 3.05) is 25.9 Å². The van der Waals surface area contributed by atoms with Gasteiger partial charge in [-0.1, -0.05) is 6.92 Å². The normalized spacial score (nSPS) is 38.2. The molecule has 122 valence electrons. The fourth-order valence-corrected chi connectivity index (χ4v) is 5.62. The van der Waals surface area contributed by atoms with Gasteiger partial charge in [0.15, 0.2) is 0 Å². The summed E-state index contributed by atoms with van der Waals surface area (Å²) in [4.78, 5) is 0. The third-order valence-electron chi connectivity index (χ3n) is 5.85. The highest BCUT2D eigenvalue weighted by Crippen LogP contribution is 2.55. The van der Waals surface area contributed by atoms with Gasteiger partial charge in [0.25, 0.3) is 0 Å². The fourth-order valence-electron chi connectivity index (χ4n) is 4.67. The lowest BCUT2D eigenvalue weighted by Crippen LogP contribution is -2.43. The Kier molecular flexibility index (Phi) is 4.63. The number of nitrogens with zero attached hydrogens (tertiary/aromatic N) is 1. The maximum absolute atomic E-state index is 11.8. The summed E-state index contributed by atoms with van der Waals surface area (Å²) in [6.45, 7) is 4.67. The van der Waals surface area contributed by atoms with Crippen LogP contribution in [0.4, 0.5) is 0 Å². The maximum atomic E-state index is 11.8. The van der Waals surface area contributed by atoms with Crippen LogP contribution in [0.5, 0.6) is 0 Å². The molecule has 21 heavy (non-hydrogen) atoms. The van der Waals surface area contributed by atoms with E-state index in [1.807, 2.05) is 0 Å². The molecule has 3 rings (SSSR count). The highest BCUT2D eigenvalue weighted by molar-refractivity contribution is 7.88. The molecule has 1 saturated heterocycles. The number of rotatable bonds is 6. The summed E-state index contributed by atoms with van der Waals surface area (Å²) >= 11 is 0. The van der Waals surface area contributed by atoms with Crippen molar-refractivity contribution in [2.45, 2.75) is 51.5 Å². The molecule has 0 aromatic heterocycles. The fraction of sp³-hybridized carbons (Fsp3) is 1.00. The van der Waals surface area contributed by atoms with Crippen molar-refractivity contribution in [3.8, 4) is 0 Å². The number of hydrogen-bond donors (Lipinski definition) is 1. The molecule has 0 amide bonds. The molecule has 0 spiro atoms. The molecule has 1 N–H and O–H groups in total. The molecule has 1 heterocycles. The van der Waals surface area contributed by atoms with E-state index in [1.165, 1.54) is 31.9 Å². The average Bonchev–Trinajstić information content (AvgIpc) is 3.04. The van der Waals surface area contributed by atoms with Crippen molar-refractivity contribution in [1.29, 1.82) is 0 Å². The zero-order chi connectivity index (χ0) is 15.0. The van der Waals surface area contributed by atoms with Gasteiger partial charge in [-0.15, -0.1) is 0 Å². The van der Waals surface area contributed by atoms with Gasteiger partial charge in [-0.05, 0) is 68.7 Å². The van der Waals surface area contributed by atoms with Crippen LogP contribution in [0.15, 0.2) is 0 Å². The van der Waals surface area contributed by atoms with E-state index < -0.39 is 10.0 Å². The van der Waals surface area contributed by atoms with Crippen molar-refractivity contribution in [1.82, 2.24) is 9.62 Å². The van der Waals surface area contributed by atoms with Crippen molar-refractivity contribution < 1.29 is 8.42 Å². The second-order valence-corrected chi connectivity index (χ2v) is 9.50. The second kappa shape index (κ2) is 6.17. The first-order valence-electron chi connectivity index (χ1n) is 8.66. The average molecular weight is 314 g/mol. The number of fused-ring (bicyclic) bond motifs is 1. The Hall–Kier alpha value is -0.130. The van der Waals surface area contributed by atoms with E-state index in [0.29, 0.717) is 12.0 Å². The van der Waals surface area contributed by atoms with E-state index in [4.69, 9.17) is 0 Å². The molecule has 4 unspecified atom stereocenters. The standard InChI is InChI=1S/C16H30N2O2S/c1-3-17-16(15-9-13-8-14(13)10-15)7-12-5-4-6-18(11-12)21(2,19)20/h12-17H,3-11H2,1-2H3. The van der Waals surface area contributed by atoms with E-state index in [9.17, 15) is 8.42 Å². The number of sulfonamides is 1. The Bertz CT molecular complexity index is 455. The van der Waals surface area contributed by atoms with E-state index in [1.54, 1.807) is 4.31 Å². The van der Waals surface area contributed by atoms with Gasteiger partial charge >= 0.3 is 0 Å². The molecule has 1 aliphatic heterocycles. The summed E-state index contributed by atoms with van der Waals surface area (Å²) in [7, 11) is -3.01. The predicted octanol–water partition coefficient (Wildman–Crippen LogP) is 2.07. The van der Waals surface area contributed by atoms with Gasteiger partial charge in [-0.25, -0.2) is 12.7 Å². The van der Waals surface area contributed by atoms with Gasteiger partial charge in [-0.3, -0.25) is 0 Å². The summed E-state index contributed by atoms with van der Waals surface area (Å²) in [5.41, 5.74) is 0. The van der Waals surface area contributed by atoms with E-state index in [0.717, 1.165) is 50.2 Å². The molecule has 4 nitrogen and oxygen atoms in total. The zero-order valence-corrected chi connectivity index (χ0v) is 14.2. The summed E-state index contributed by atoms with van der Waals surface area (Å²) in [5.74, 6) is 3.42. The van der Waals surface area contributed by atoms with Gasteiger partial charge in [0.1, 0.15) is 0 Å². The SMILES string of the molecule is CCNC(CC1CCCN(S(C)(=O)=O)C1)C1CC2CC2C1. The quantitative estimate of drug-likeness (QED) is 0.816. The Balaban J connectivity index is 1.57. The molecule has 3 aliphatic rings. The van der Waals surface area contributed by atoms with Crippen molar-refractivity contribution >= 4 is 10.0 Å². The van der Waals surface area contributed by atoms with Crippen LogP contribution in [0.25, 0.3) is 0 Å². The van der Waals surface area contributed by atoms with Crippen LogP contribution in [-0.4, -0.2) is 44.7 Å². The Morgan fingerprint density at radius 3 is 2.57 bits per heavy atom. The van der Waals surface area contributed by atoms with Gasteiger partial charge in [0, 0.05) is 19.1 Å². The van der Waals surface area contributed by atoms with Crippen LogP contribution in [0.2, 0.25) is 0 Å². The largest absolute Gasteiger partial charge is 0.314 e. The van der Waals surface area contributed by atoms with Crippen LogP contribution < -0.4 is 5.32 Å². The minimum Gasteiger partial charge on any atom is -0.314 e. The van der Waals surface area contributed by atoms with E-state index in [2.05, 4.69) is 12.2 Å². The first kappa shape index (κ1) is 15.8. The molecule has 0 bridgehead atoms. The van der Waals surface area contributed by atoms with Gasteiger partial charge in [-0.2, -0.15) is 0 Å². The molecule has 5 heteroatoms. The highest BCUT2D eigenvalue weighted by Gasteiger charge is 2.48. The van der Waals surface area contributed by atoms with Crippen molar-refractivity contribution in [3.05, 3.63) is 0 Å². The summed E-state index contributed by atoms with van der Waals surface area (Å²) in [6, 6.07) is 0.604. The monoisotopic (exact) mass is 314 g/mol. The minimum atomic E-state index is -3.01. The highest BCUT2D eigenvalue weighted by atomic mass is 32.2. The van der Waals surface area contributed by atoms with Gasteiger partial charge < -0.3 is 5.32 Å². The Morgan fingerprint density at radius 2 is 1.95 bits per heavy atom. The molecule has 0 aromatic carbocycles. The third-order valence-corrected chi connectivity index (χ3v) is 7.12. The van der Waals surface area contributed by atoms with E-state index >= 15 is 0 Å². The first-order chi connectivity index (χ1) is 9.97. The Morgan fingerprint density at radius 1 is 1.24 bits per heavy atom. The lowest BCUT2D eigenvalue weighted by Gasteiger charge is -2.35. The molecular formula is C16H30N2O2S. The van der Waals surface area contributed by atoms with Crippen LogP contribution >= 0.6 is 0 Å². The molecule has 0 aromatic rings. The molecule has 2 saturated carbocycles. The lowest BCUT2D eigenvalue weighted by molar-refractivity contribution is 0.210. The van der Waals surface area contributed by atoms with E-state index in [-0.39, 0.29) is 0 Å². The van der Waals surface area contributed by atoms with Gasteiger partial charge in [0.2, 0.25) is 10.0 Å². The predicted molar refractivity (Wildman–Crippen MR) is 85.5 cm³/mol. The maximum Gasteiger partial charge on any atom is 0.211 e. The topological polar surface area (TPSA) is 49.4 Å². The number of nitrogens with one attached hydrogen (secondary N) is 1. The summed E-state index contributed by atoms with van der Waals surface area (Å²) in [5, 5.41) is 3.70. The summed E-state index contributed by atoms with van der Waals surface area (Å²) < 4.78 is 25.2. The molecular weight excluding hydrogens is 284 g/mol. The zero-order valence-electron chi connectivity index (χ0n) is 13.4. The van der Waals surface area contributed by atoms with Crippen LogP contribution in [0.3, 0.4) is 0 Å². The lowest BCUT2D eigenvalue weighted by atomic mass is 9.84. The second-order valence-electron chi connectivity index (χ2n) is 7.52. The van der Waals surface area contributed by atoms with Crippen molar-refractivity contribution in [2.24, 2.45) is 23.7 Å². The smallest absolute Gasteiger partial charge is 0.211 e. The summed E-state index contributed by atoms with van der Waals surface area (Å²) in [6.07, 6.45) is 9.00. The number of piperidine rings is 1. The molecule has 4 atom stereocenters. The Labute approximate surface area is 129 Å². The molecule has 0 radical (unpaired) electrons. The van der Waals surface area contributed by atoms with Crippen LogP contribution in [-0.2, 0) is 10.0 Å². The third kappa shape index (κ3) is 3.80. The van der Waals surface area contributed by atoms with Crippen LogP contribution in [0, 0.1) is 23.7 Å². The number of hydrogen-bond acceptors (Lipinski definition) is 3. The first-order valence-corrected chi connectivity index (χ1v) is 10.5. The van der Waals surface area contributed by atoms with Gasteiger partial charge in [0.05, 0.1) is 6.26 Å². The minimum absolute atomic E-state index is 0.537. The van der Waals surface area contributed by atoms with Crippen molar-refractivity contribution in [3.63, 3.8) is 0 Å². The molecule has 2 aliphatic carbocycles. The molecule has 3 fully saturated rings. The van der Waals surface area contributed by atoms with Crippen LogP contribution in [0.1, 0.15) is 45.4 Å².